The number of allylic oxidation sites excluding steroid dienone is 3. The predicted molar refractivity (Wildman–Crippen MR) is 101 cm³/mol. The van der Waals surface area contributed by atoms with Crippen LogP contribution in [0.5, 0.6) is 0 Å². The molecule has 0 aromatic heterocycles. The molecule has 138 valence electrons. The number of carbonyl (C=O) groups excluding carboxylic acids is 2. The van der Waals surface area contributed by atoms with Crippen LogP contribution in [0.25, 0.3) is 0 Å². The monoisotopic (exact) mass is 353 g/mol. The molecular formula is C22H27NO3. The molecule has 1 N–H and O–H groups in total. The van der Waals surface area contributed by atoms with Crippen molar-refractivity contribution in [2.75, 3.05) is 6.61 Å². The summed E-state index contributed by atoms with van der Waals surface area (Å²) in [7, 11) is 0. The molecule has 4 nitrogen and oxygen atoms in total. The van der Waals surface area contributed by atoms with Crippen molar-refractivity contribution >= 4 is 11.8 Å². The summed E-state index contributed by atoms with van der Waals surface area (Å²) in [6.07, 6.45) is 2.06. The standard InChI is InChI=1S/C22H27NO3/c1-5-11-26-21(25)18-14(2)23-16-12-22(3,4)13-17(24)20(16)19(18)15-9-7-6-8-10-15/h6-10,19,23H,5,11-13H2,1-4H3/t19-/m0/s1. The number of esters is 1. The highest BCUT2D eigenvalue weighted by molar-refractivity contribution is 6.04. The van der Waals surface area contributed by atoms with Crippen LogP contribution in [0, 0.1) is 5.41 Å². The van der Waals surface area contributed by atoms with Gasteiger partial charge in [0.15, 0.2) is 5.78 Å². The summed E-state index contributed by atoms with van der Waals surface area (Å²) in [5, 5.41) is 3.35. The van der Waals surface area contributed by atoms with Crippen molar-refractivity contribution in [1.29, 1.82) is 0 Å². The van der Waals surface area contributed by atoms with Crippen LogP contribution >= 0.6 is 0 Å². The molecular weight excluding hydrogens is 326 g/mol. The van der Waals surface area contributed by atoms with Crippen molar-refractivity contribution in [2.24, 2.45) is 5.41 Å². The number of benzene rings is 1. The first-order valence-corrected chi connectivity index (χ1v) is 9.30. The molecule has 1 aromatic rings. The quantitative estimate of drug-likeness (QED) is 0.823. The topological polar surface area (TPSA) is 55.4 Å². The fourth-order valence-corrected chi connectivity index (χ4v) is 3.96. The van der Waals surface area contributed by atoms with E-state index >= 15 is 0 Å². The summed E-state index contributed by atoms with van der Waals surface area (Å²) in [5.74, 6) is -0.582. The van der Waals surface area contributed by atoms with Gasteiger partial charge in [0.1, 0.15) is 0 Å². The molecule has 1 heterocycles. The maximum absolute atomic E-state index is 13.0. The number of hydrogen-bond donors (Lipinski definition) is 1. The predicted octanol–water partition coefficient (Wildman–Crippen LogP) is 4.24. The Morgan fingerprint density at radius 1 is 1.23 bits per heavy atom. The molecule has 2 aliphatic rings. The van der Waals surface area contributed by atoms with Crippen LogP contribution in [-0.2, 0) is 14.3 Å². The van der Waals surface area contributed by atoms with E-state index in [0.717, 1.165) is 35.4 Å². The van der Waals surface area contributed by atoms with Gasteiger partial charge >= 0.3 is 5.97 Å². The lowest BCUT2D eigenvalue weighted by atomic mass is 9.68. The Labute approximate surface area is 155 Å². The summed E-state index contributed by atoms with van der Waals surface area (Å²) < 4.78 is 5.44. The fraction of sp³-hybridized carbons (Fsp3) is 0.455. The second-order valence-electron chi connectivity index (χ2n) is 7.98. The maximum Gasteiger partial charge on any atom is 0.336 e. The molecule has 0 unspecified atom stereocenters. The van der Waals surface area contributed by atoms with E-state index < -0.39 is 0 Å². The van der Waals surface area contributed by atoms with Crippen molar-refractivity contribution in [3.63, 3.8) is 0 Å². The van der Waals surface area contributed by atoms with E-state index in [4.69, 9.17) is 4.74 Å². The van der Waals surface area contributed by atoms with E-state index in [0.29, 0.717) is 18.6 Å². The first-order chi connectivity index (χ1) is 12.3. The smallest absolute Gasteiger partial charge is 0.336 e. The zero-order valence-corrected chi connectivity index (χ0v) is 16.0. The van der Waals surface area contributed by atoms with Crippen LogP contribution in [-0.4, -0.2) is 18.4 Å². The zero-order valence-electron chi connectivity index (χ0n) is 16.0. The number of rotatable bonds is 4. The van der Waals surface area contributed by atoms with Crippen molar-refractivity contribution in [3.05, 3.63) is 58.4 Å². The summed E-state index contributed by atoms with van der Waals surface area (Å²) in [4.78, 5) is 25.8. The molecule has 0 saturated heterocycles. The molecule has 0 spiro atoms. The van der Waals surface area contributed by atoms with Crippen molar-refractivity contribution in [1.82, 2.24) is 5.32 Å². The lowest BCUT2D eigenvalue weighted by Gasteiger charge is -2.39. The third-order valence-corrected chi connectivity index (χ3v) is 5.03. The lowest BCUT2D eigenvalue weighted by Crippen LogP contribution is -2.38. The minimum absolute atomic E-state index is 0.0787. The van der Waals surface area contributed by atoms with Crippen LogP contribution < -0.4 is 5.32 Å². The molecule has 1 aliphatic carbocycles. The van der Waals surface area contributed by atoms with Gasteiger partial charge in [0.25, 0.3) is 0 Å². The molecule has 26 heavy (non-hydrogen) atoms. The molecule has 1 atom stereocenters. The van der Waals surface area contributed by atoms with Gasteiger partial charge < -0.3 is 10.1 Å². The van der Waals surface area contributed by atoms with Gasteiger partial charge in [-0.1, -0.05) is 51.1 Å². The molecule has 3 rings (SSSR count). The Hall–Kier alpha value is -2.36. The second-order valence-corrected chi connectivity index (χ2v) is 7.98. The lowest BCUT2D eigenvalue weighted by molar-refractivity contribution is -0.139. The number of dihydropyridines is 1. The van der Waals surface area contributed by atoms with E-state index in [9.17, 15) is 9.59 Å². The summed E-state index contributed by atoms with van der Waals surface area (Å²) in [6, 6.07) is 9.79. The normalized spacial score (nSPS) is 22.0. The summed E-state index contributed by atoms with van der Waals surface area (Å²) in [6.45, 7) is 8.46. The van der Waals surface area contributed by atoms with E-state index in [1.54, 1.807) is 0 Å². The number of carbonyl (C=O) groups is 2. The minimum atomic E-state index is -0.361. The molecule has 0 bridgehead atoms. The molecule has 0 fully saturated rings. The van der Waals surface area contributed by atoms with Gasteiger partial charge in [0.05, 0.1) is 12.2 Å². The van der Waals surface area contributed by atoms with E-state index in [2.05, 4.69) is 19.2 Å². The molecule has 0 amide bonds. The number of ketones is 1. The zero-order chi connectivity index (χ0) is 18.9. The number of Topliss-reactive ketones (excluding diaryl/α,β-unsaturated/α-hetero) is 1. The minimum Gasteiger partial charge on any atom is -0.462 e. The Morgan fingerprint density at radius 2 is 1.92 bits per heavy atom. The number of hydrogen-bond acceptors (Lipinski definition) is 4. The van der Waals surface area contributed by atoms with Crippen molar-refractivity contribution < 1.29 is 14.3 Å². The third kappa shape index (κ3) is 3.46. The Morgan fingerprint density at radius 3 is 2.58 bits per heavy atom. The molecule has 0 radical (unpaired) electrons. The third-order valence-electron chi connectivity index (χ3n) is 5.03. The Bertz CT molecular complexity index is 787. The van der Waals surface area contributed by atoms with E-state index in [-0.39, 0.29) is 23.1 Å². The maximum atomic E-state index is 13.0. The Kier molecular flexibility index (Phi) is 5.03. The molecule has 1 aromatic carbocycles. The van der Waals surface area contributed by atoms with Crippen LogP contribution in [0.1, 0.15) is 58.4 Å². The first-order valence-electron chi connectivity index (χ1n) is 9.30. The molecule has 4 heteroatoms. The Balaban J connectivity index is 2.11. The van der Waals surface area contributed by atoms with E-state index in [1.807, 2.05) is 44.2 Å². The van der Waals surface area contributed by atoms with Crippen molar-refractivity contribution in [2.45, 2.75) is 52.9 Å². The highest BCUT2D eigenvalue weighted by Crippen LogP contribution is 2.46. The SMILES string of the molecule is CCCOC(=O)C1=C(C)NC2=C(C(=O)CC(C)(C)C2)[C@H]1c1ccccc1. The largest absolute Gasteiger partial charge is 0.462 e. The fourth-order valence-electron chi connectivity index (χ4n) is 3.96. The molecule has 0 saturated carbocycles. The number of ether oxygens (including phenoxy) is 1. The van der Waals surface area contributed by atoms with Gasteiger partial charge in [0, 0.05) is 29.3 Å². The van der Waals surface area contributed by atoms with Crippen LogP contribution in [0.15, 0.2) is 52.9 Å². The highest BCUT2D eigenvalue weighted by Gasteiger charge is 2.42. The highest BCUT2D eigenvalue weighted by atomic mass is 16.5. The summed E-state index contributed by atoms with van der Waals surface area (Å²) in [5.41, 5.74) is 3.89. The molecule has 1 aliphatic heterocycles. The first kappa shape index (κ1) is 18.4. The van der Waals surface area contributed by atoms with Gasteiger partial charge in [-0.3, -0.25) is 4.79 Å². The van der Waals surface area contributed by atoms with Gasteiger partial charge in [-0.2, -0.15) is 0 Å². The van der Waals surface area contributed by atoms with Crippen LogP contribution in [0.2, 0.25) is 0 Å². The van der Waals surface area contributed by atoms with E-state index in [1.165, 1.54) is 0 Å². The van der Waals surface area contributed by atoms with Crippen molar-refractivity contribution in [3.8, 4) is 0 Å². The number of nitrogens with one attached hydrogen (secondary N) is 1. The second kappa shape index (κ2) is 7.10. The van der Waals surface area contributed by atoms with Gasteiger partial charge in [0.2, 0.25) is 0 Å². The van der Waals surface area contributed by atoms with Gasteiger partial charge in [-0.15, -0.1) is 0 Å². The van der Waals surface area contributed by atoms with Gasteiger partial charge in [-0.25, -0.2) is 4.79 Å². The average molecular weight is 353 g/mol. The van der Waals surface area contributed by atoms with Crippen LogP contribution in [0.3, 0.4) is 0 Å². The van der Waals surface area contributed by atoms with Gasteiger partial charge in [-0.05, 0) is 30.7 Å². The van der Waals surface area contributed by atoms with Crippen LogP contribution in [0.4, 0.5) is 0 Å². The summed E-state index contributed by atoms with van der Waals surface area (Å²) >= 11 is 0. The average Bonchev–Trinajstić information content (AvgIpc) is 2.58.